The highest BCUT2D eigenvalue weighted by molar-refractivity contribution is 5.94. The van der Waals surface area contributed by atoms with Gasteiger partial charge in [0.2, 0.25) is 0 Å². The lowest BCUT2D eigenvalue weighted by molar-refractivity contribution is -0.141. The molecule has 1 aromatic carbocycles. The van der Waals surface area contributed by atoms with E-state index >= 15 is 0 Å². The van der Waals surface area contributed by atoms with E-state index in [0.29, 0.717) is 0 Å². The zero-order valence-corrected chi connectivity index (χ0v) is 15.1. The third-order valence-electron chi connectivity index (χ3n) is 4.13. The Labute approximate surface area is 148 Å². The molecule has 0 saturated carbocycles. The van der Waals surface area contributed by atoms with Gasteiger partial charge in [-0.05, 0) is 29.5 Å². The molecule has 0 fully saturated rings. The van der Waals surface area contributed by atoms with Crippen LogP contribution < -0.4 is 0 Å². The second-order valence-electron chi connectivity index (χ2n) is 7.11. The van der Waals surface area contributed by atoms with E-state index in [0.717, 1.165) is 11.1 Å². The predicted octanol–water partition coefficient (Wildman–Crippen LogP) is 3.49. The molecule has 1 atom stereocenters. The molecule has 5 nitrogen and oxygen atoms in total. The van der Waals surface area contributed by atoms with Gasteiger partial charge in [0.15, 0.2) is 0 Å². The second kappa shape index (κ2) is 7.47. The Kier molecular flexibility index (Phi) is 5.57. The maximum absolute atomic E-state index is 12.9. The fraction of sp³-hybridized carbons (Fsp3) is 0.350. The van der Waals surface area contributed by atoms with E-state index in [9.17, 15) is 14.7 Å². The van der Waals surface area contributed by atoms with E-state index in [-0.39, 0.29) is 23.6 Å². The lowest BCUT2D eigenvalue weighted by Crippen LogP contribution is -2.43. The van der Waals surface area contributed by atoms with Gasteiger partial charge in [0, 0.05) is 12.7 Å². The average Bonchev–Trinajstić information content (AvgIpc) is 2.58. The van der Waals surface area contributed by atoms with Gasteiger partial charge in [0.25, 0.3) is 5.91 Å². The lowest BCUT2D eigenvalue weighted by atomic mass is 9.88. The Hall–Kier alpha value is -2.69. The van der Waals surface area contributed by atoms with Crippen molar-refractivity contribution < 1.29 is 14.7 Å². The summed E-state index contributed by atoms with van der Waals surface area (Å²) < 4.78 is 0. The van der Waals surface area contributed by atoms with Crippen LogP contribution in [0.4, 0.5) is 0 Å². The number of carbonyl (C=O) groups is 2. The number of carbonyl (C=O) groups excluding carboxylic acids is 1. The van der Waals surface area contributed by atoms with Crippen molar-refractivity contribution in [2.75, 3.05) is 0 Å². The van der Waals surface area contributed by atoms with E-state index in [1.807, 2.05) is 36.4 Å². The van der Waals surface area contributed by atoms with E-state index in [1.165, 1.54) is 11.8 Å². The van der Waals surface area contributed by atoms with Gasteiger partial charge < -0.3 is 10.0 Å². The van der Waals surface area contributed by atoms with Gasteiger partial charge in [-0.25, -0.2) is 4.79 Å². The fourth-order valence-corrected chi connectivity index (χ4v) is 2.41. The van der Waals surface area contributed by atoms with Crippen molar-refractivity contribution in [3.05, 3.63) is 65.5 Å². The number of benzene rings is 1. The van der Waals surface area contributed by atoms with Crippen LogP contribution in [0.3, 0.4) is 0 Å². The minimum atomic E-state index is -1.05. The maximum Gasteiger partial charge on any atom is 0.326 e. The van der Waals surface area contributed by atoms with E-state index < -0.39 is 12.0 Å². The zero-order valence-electron chi connectivity index (χ0n) is 15.1. The van der Waals surface area contributed by atoms with E-state index in [1.54, 1.807) is 12.3 Å². The van der Waals surface area contributed by atoms with Gasteiger partial charge in [-0.2, -0.15) is 0 Å². The Balaban J connectivity index is 2.30. The number of pyridine rings is 1. The summed E-state index contributed by atoms with van der Waals surface area (Å²) in [6.45, 7) is 7.93. The highest BCUT2D eigenvalue weighted by Gasteiger charge is 2.27. The number of rotatable bonds is 5. The highest BCUT2D eigenvalue weighted by atomic mass is 16.4. The van der Waals surface area contributed by atoms with Crippen molar-refractivity contribution in [2.45, 2.75) is 45.7 Å². The molecule has 1 unspecified atom stereocenters. The number of nitrogens with zero attached hydrogens (tertiary/aromatic N) is 2. The molecule has 1 aromatic heterocycles. The molecular formula is C20H24N2O3. The Morgan fingerprint density at radius 3 is 2.24 bits per heavy atom. The fourth-order valence-electron chi connectivity index (χ4n) is 2.41. The van der Waals surface area contributed by atoms with Gasteiger partial charge in [0.05, 0.1) is 0 Å². The largest absolute Gasteiger partial charge is 0.480 e. The molecule has 1 heterocycles. The molecule has 0 aliphatic heterocycles. The van der Waals surface area contributed by atoms with Crippen LogP contribution in [0, 0.1) is 0 Å². The number of amides is 1. The van der Waals surface area contributed by atoms with Crippen LogP contribution in [0.5, 0.6) is 0 Å². The smallest absolute Gasteiger partial charge is 0.326 e. The van der Waals surface area contributed by atoms with Gasteiger partial charge >= 0.3 is 5.97 Å². The summed E-state index contributed by atoms with van der Waals surface area (Å²) in [5.41, 5.74) is 2.07. The third kappa shape index (κ3) is 4.66. The van der Waals surface area contributed by atoms with Crippen LogP contribution >= 0.6 is 0 Å². The predicted molar refractivity (Wildman–Crippen MR) is 96.4 cm³/mol. The molecule has 2 aromatic rings. The molecule has 1 amide bonds. The minimum absolute atomic E-state index is 0.0628. The number of hydrogen-bond donors (Lipinski definition) is 1. The molecule has 0 aliphatic rings. The van der Waals surface area contributed by atoms with Crippen LogP contribution in [0.25, 0.3) is 0 Å². The summed E-state index contributed by atoms with van der Waals surface area (Å²) in [5, 5.41) is 9.36. The number of carboxylic acid groups (broad SMARTS) is 1. The topological polar surface area (TPSA) is 70.5 Å². The molecule has 5 heteroatoms. The number of hydrogen-bond acceptors (Lipinski definition) is 3. The van der Waals surface area contributed by atoms with Crippen LogP contribution in [0.2, 0.25) is 0 Å². The minimum Gasteiger partial charge on any atom is -0.480 e. The first kappa shape index (κ1) is 18.6. The van der Waals surface area contributed by atoms with Crippen LogP contribution in [0.15, 0.2) is 48.7 Å². The monoisotopic (exact) mass is 340 g/mol. The molecule has 0 aliphatic carbocycles. The van der Waals surface area contributed by atoms with Crippen LogP contribution in [-0.2, 0) is 16.8 Å². The summed E-state index contributed by atoms with van der Waals surface area (Å²) >= 11 is 0. The van der Waals surface area contributed by atoms with Crippen molar-refractivity contribution in [3.8, 4) is 0 Å². The summed E-state index contributed by atoms with van der Waals surface area (Å²) in [7, 11) is 0. The molecule has 132 valence electrons. The summed E-state index contributed by atoms with van der Waals surface area (Å²) in [4.78, 5) is 29.9. The molecule has 0 bridgehead atoms. The van der Waals surface area contributed by atoms with Crippen molar-refractivity contribution in [2.24, 2.45) is 0 Å². The first-order valence-electron chi connectivity index (χ1n) is 8.24. The third-order valence-corrected chi connectivity index (χ3v) is 4.13. The number of aliphatic carboxylic acids is 1. The van der Waals surface area contributed by atoms with Crippen molar-refractivity contribution >= 4 is 11.9 Å². The number of carboxylic acids is 1. The van der Waals surface area contributed by atoms with Crippen LogP contribution in [0.1, 0.15) is 49.3 Å². The summed E-state index contributed by atoms with van der Waals surface area (Å²) in [6.07, 6.45) is 1.68. The summed E-state index contributed by atoms with van der Waals surface area (Å²) in [6, 6.07) is 11.9. The van der Waals surface area contributed by atoms with E-state index in [2.05, 4.69) is 25.8 Å². The van der Waals surface area contributed by atoms with E-state index in [4.69, 9.17) is 0 Å². The Morgan fingerprint density at radius 1 is 1.12 bits per heavy atom. The Bertz CT molecular complexity index is 734. The first-order chi connectivity index (χ1) is 11.7. The van der Waals surface area contributed by atoms with Gasteiger partial charge in [-0.15, -0.1) is 0 Å². The number of aromatic nitrogens is 1. The van der Waals surface area contributed by atoms with Crippen molar-refractivity contribution in [1.82, 2.24) is 9.88 Å². The molecule has 2 rings (SSSR count). The molecule has 1 N–H and O–H groups in total. The van der Waals surface area contributed by atoms with Crippen molar-refractivity contribution in [1.29, 1.82) is 0 Å². The quantitative estimate of drug-likeness (QED) is 0.904. The van der Waals surface area contributed by atoms with Gasteiger partial charge in [-0.3, -0.25) is 9.78 Å². The first-order valence-corrected chi connectivity index (χ1v) is 8.24. The standard InChI is InChI=1S/C20H24N2O3/c1-14(19(24)25)22(13-15-8-6-5-7-9-15)18(23)17-11-10-16(12-21-17)20(2,3)4/h5-12,14H,13H2,1-4H3,(H,24,25). The second-order valence-corrected chi connectivity index (χ2v) is 7.11. The normalized spacial score (nSPS) is 12.5. The average molecular weight is 340 g/mol. The molecule has 0 radical (unpaired) electrons. The summed E-state index contributed by atoms with van der Waals surface area (Å²) in [5.74, 6) is -1.44. The molecule has 0 spiro atoms. The Morgan fingerprint density at radius 2 is 1.76 bits per heavy atom. The van der Waals surface area contributed by atoms with Crippen LogP contribution in [-0.4, -0.2) is 32.9 Å². The SMILES string of the molecule is CC(C(=O)O)N(Cc1ccccc1)C(=O)c1ccc(C(C)(C)C)cn1. The highest BCUT2D eigenvalue weighted by Crippen LogP contribution is 2.21. The zero-order chi connectivity index (χ0) is 18.6. The molecule has 0 saturated heterocycles. The van der Waals surface area contributed by atoms with Gasteiger partial charge in [-0.1, -0.05) is 57.2 Å². The van der Waals surface area contributed by atoms with Crippen molar-refractivity contribution in [3.63, 3.8) is 0 Å². The molecule has 25 heavy (non-hydrogen) atoms. The van der Waals surface area contributed by atoms with Gasteiger partial charge in [0.1, 0.15) is 11.7 Å². The molecular weight excluding hydrogens is 316 g/mol. The maximum atomic E-state index is 12.9. The lowest BCUT2D eigenvalue weighted by Gasteiger charge is -2.26.